The van der Waals surface area contributed by atoms with Gasteiger partial charge in [0, 0.05) is 5.54 Å². The van der Waals surface area contributed by atoms with E-state index in [0.29, 0.717) is 18.4 Å². The first-order valence-corrected chi connectivity index (χ1v) is 10.7. The second kappa shape index (κ2) is 8.36. The van der Waals surface area contributed by atoms with Crippen molar-refractivity contribution in [2.75, 3.05) is 13.2 Å². The number of hydrogen-bond donors (Lipinski definition) is 2. The normalized spacial score (nSPS) is 27.0. The van der Waals surface area contributed by atoms with Gasteiger partial charge in [0.25, 0.3) is 0 Å². The van der Waals surface area contributed by atoms with E-state index in [1.807, 2.05) is 0 Å². The molecule has 4 rings (SSSR count). The van der Waals surface area contributed by atoms with E-state index in [2.05, 4.69) is 49.4 Å². The number of hydrogen-bond acceptors (Lipinski definition) is 3. The SMILES string of the molecule is Cc1ccc(COCC2CCc3cc([C@H]4CC[C@](N)(CO)C4)ccc3C2)cc1. The summed E-state index contributed by atoms with van der Waals surface area (Å²) in [6, 6.07) is 15.6. The maximum Gasteiger partial charge on any atom is 0.0717 e. The molecule has 3 N–H and O–H groups in total. The molecule has 150 valence electrons. The molecule has 0 saturated heterocycles. The Morgan fingerprint density at radius 2 is 1.93 bits per heavy atom. The molecular formula is C25H33NO2. The summed E-state index contributed by atoms with van der Waals surface area (Å²) in [6.07, 6.45) is 6.37. The van der Waals surface area contributed by atoms with Crippen molar-refractivity contribution in [2.45, 2.75) is 63.5 Å². The van der Waals surface area contributed by atoms with Crippen LogP contribution >= 0.6 is 0 Å². The van der Waals surface area contributed by atoms with Gasteiger partial charge >= 0.3 is 0 Å². The fraction of sp³-hybridized carbons (Fsp3) is 0.520. The smallest absolute Gasteiger partial charge is 0.0717 e. The number of aliphatic hydroxyl groups excluding tert-OH is 1. The van der Waals surface area contributed by atoms with Crippen molar-refractivity contribution >= 4 is 0 Å². The fourth-order valence-corrected chi connectivity index (χ4v) is 4.86. The van der Waals surface area contributed by atoms with Crippen molar-refractivity contribution in [3.63, 3.8) is 0 Å². The van der Waals surface area contributed by atoms with Crippen LogP contribution in [0.5, 0.6) is 0 Å². The maximum atomic E-state index is 9.53. The molecule has 0 heterocycles. The summed E-state index contributed by atoms with van der Waals surface area (Å²) in [5.74, 6) is 1.11. The van der Waals surface area contributed by atoms with Gasteiger partial charge in [-0.25, -0.2) is 0 Å². The van der Waals surface area contributed by atoms with Crippen LogP contribution in [0.3, 0.4) is 0 Å². The molecular weight excluding hydrogens is 346 g/mol. The molecule has 0 spiro atoms. The van der Waals surface area contributed by atoms with Crippen molar-refractivity contribution in [1.29, 1.82) is 0 Å². The number of aryl methyl sites for hydroxylation is 2. The summed E-state index contributed by atoms with van der Waals surface area (Å²) < 4.78 is 6.02. The number of rotatable bonds is 6. The Balaban J connectivity index is 1.31. The third-order valence-corrected chi connectivity index (χ3v) is 6.73. The van der Waals surface area contributed by atoms with Gasteiger partial charge in [0.1, 0.15) is 0 Å². The van der Waals surface area contributed by atoms with Gasteiger partial charge in [-0.2, -0.15) is 0 Å². The summed E-state index contributed by atoms with van der Waals surface area (Å²) >= 11 is 0. The highest BCUT2D eigenvalue weighted by atomic mass is 16.5. The Kier molecular flexibility index (Phi) is 5.86. The molecule has 0 aromatic heterocycles. The standard InChI is InChI=1S/C25H33NO2/c1-18-2-4-19(5-3-18)15-28-16-20-6-7-22-13-23(9-8-21(22)12-20)24-10-11-25(26,14-24)17-27/h2-5,8-9,13,20,24,27H,6-7,10-12,14-17,26H2,1H3/t20?,24-,25+/m0/s1. The quantitative estimate of drug-likeness (QED) is 0.788. The van der Waals surface area contributed by atoms with E-state index >= 15 is 0 Å². The van der Waals surface area contributed by atoms with Crippen LogP contribution in [0.4, 0.5) is 0 Å². The Bertz CT molecular complexity index is 801. The summed E-state index contributed by atoms with van der Waals surface area (Å²) in [6.45, 7) is 3.75. The number of benzene rings is 2. The van der Waals surface area contributed by atoms with E-state index in [1.54, 1.807) is 0 Å². The van der Waals surface area contributed by atoms with Gasteiger partial charge in [0.15, 0.2) is 0 Å². The second-order valence-corrected chi connectivity index (χ2v) is 9.10. The minimum Gasteiger partial charge on any atom is -0.394 e. The monoisotopic (exact) mass is 379 g/mol. The average Bonchev–Trinajstić information content (AvgIpc) is 3.12. The van der Waals surface area contributed by atoms with E-state index in [1.165, 1.54) is 34.2 Å². The zero-order valence-corrected chi connectivity index (χ0v) is 17.0. The molecule has 1 fully saturated rings. The zero-order chi connectivity index (χ0) is 19.6. The Morgan fingerprint density at radius 3 is 2.68 bits per heavy atom. The van der Waals surface area contributed by atoms with Crippen LogP contribution in [0.2, 0.25) is 0 Å². The Labute approximate surface area is 168 Å². The van der Waals surface area contributed by atoms with Gasteiger partial charge in [-0.3, -0.25) is 0 Å². The van der Waals surface area contributed by atoms with Crippen LogP contribution in [0.25, 0.3) is 0 Å². The lowest BCUT2D eigenvalue weighted by atomic mass is 9.82. The van der Waals surface area contributed by atoms with Crippen LogP contribution in [0.15, 0.2) is 42.5 Å². The lowest BCUT2D eigenvalue weighted by Crippen LogP contribution is -2.40. The molecule has 3 atom stereocenters. The first kappa shape index (κ1) is 19.6. The highest BCUT2D eigenvalue weighted by Gasteiger charge is 2.36. The van der Waals surface area contributed by atoms with Crippen molar-refractivity contribution in [3.05, 3.63) is 70.3 Å². The lowest BCUT2D eigenvalue weighted by molar-refractivity contribution is 0.0823. The molecule has 28 heavy (non-hydrogen) atoms. The largest absolute Gasteiger partial charge is 0.394 e. The first-order chi connectivity index (χ1) is 13.5. The molecule has 2 aromatic carbocycles. The summed E-state index contributed by atoms with van der Waals surface area (Å²) in [5.41, 5.74) is 12.8. The summed E-state index contributed by atoms with van der Waals surface area (Å²) in [5, 5.41) is 9.53. The molecule has 0 aliphatic heterocycles. The van der Waals surface area contributed by atoms with Gasteiger partial charge in [-0.05, 0) is 79.5 Å². The van der Waals surface area contributed by atoms with Crippen molar-refractivity contribution in [2.24, 2.45) is 11.7 Å². The average molecular weight is 380 g/mol. The number of nitrogens with two attached hydrogens (primary N) is 1. The lowest BCUT2D eigenvalue weighted by Gasteiger charge is -2.26. The number of ether oxygens (including phenoxy) is 1. The van der Waals surface area contributed by atoms with Crippen molar-refractivity contribution in [3.8, 4) is 0 Å². The fourth-order valence-electron chi connectivity index (χ4n) is 4.86. The highest BCUT2D eigenvalue weighted by molar-refractivity contribution is 5.36. The molecule has 2 aliphatic carbocycles. The van der Waals surface area contributed by atoms with Gasteiger partial charge in [-0.1, -0.05) is 48.0 Å². The van der Waals surface area contributed by atoms with Gasteiger partial charge < -0.3 is 15.6 Å². The predicted molar refractivity (Wildman–Crippen MR) is 113 cm³/mol. The van der Waals surface area contributed by atoms with Gasteiger partial charge in [0.2, 0.25) is 0 Å². The van der Waals surface area contributed by atoms with E-state index < -0.39 is 0 Å². The van der Waals surface area contributed by atoms with Crippen LogP contribution < -0.4 is 5.73 Å². The molecule has 2 aliphatic rings. The van der Waals surface area contributed by atoms with E-state index in [-0.39, 0.29) is 12.1 Å². The molecule has 0 amide bonds. The van der Waals surface area contributed by atoms with E-state index in [0.717, 1.165) is 38.7 Å². The highest BCUT2D eigenvalue weighted by Crippen LogP contribution is 2.40. The second-order valence-electron chi connectivity index (χ2n) is 9.10. The molecule has 0 bridgehead atoms. The Hall–Kier alpha value is -1.68. The van der Waals surface area contributed by atoms with Crippen LogP contribution in [-0.4, -0.2) is 23.9 Å². The van der Waals surface area contributed by atoms with Gasteiger partial charge in [0.05, 0.1) is 19.8 Å². The minimum atomic E-state index is -0.375. The third-order valence-electron chi connectivity index (χ3n) is 6.73. The van der Waals surface area contributed by atoms with Gasteiger partial charge in [-0.15, -0.1) is 0 Å². The molecule has 3 nitrogen and oxygen atoms in total. The number of aliphatic hydroxyl groups is 1. The molecule has 0 radical (unpaired) electrons. The maximum absolute atomic E-state index is 9.53. The minimum absolute atomic E-state index is 0.0959. The number of fused-ring (bicyclic) bond motifs is 1. The molecule has 2 aromatic rings. The molecule has 3 heteroatoms. The predicted octanol–water partition coefficient (Wildman–Crippen LogP) is 4.27. The van der Waals surface area contributed by atoms with E-state index in [9.17, 15) is 5.11 Å². The topological polar surface area (TPSA) is 55.5 Å². The van der Waals surface area contributed by atoms with Crippen LogP contribution in [0, 0.1) is 12.8 Å². The van der Waals surface area contributed by atoms with Crippen molar-refractivity contribution < 1.29 is 9.84 Å². The zero-order valence-electron chi connectivity index (χ0n) is 17.0. The summed E-state index contributed by atoms with van der Waals surface area (Å²) in [4.78, 5) is 0. The van der Waals surface area contributed by atoms with Crippen LogP contribution in [0.1, 0.15) is 59.4 Å². The van der Waals surface area contributed by atoms with E-state index in [4.69, 9.17) is 10.5 Å². The third kappa shape index (κ3) is 4.48. The first-order valence-electron chi connectivity index (χ1n) is 10.7. The molecule has 1 unspecified atom stereocenters. The Morgan fingerprint density at radius 1 is 1.11 bits per heavy atom. The molecule has 1 saturated carbocycles. The van der Waals surface area contributed by atoms with Crippen LogP contribution in [-0.2, 0) is 24.2 Å². The summed E-state index contributed by atoms with van der Waals surface area (Å²) in [7, 11) is 0. The van der Waals surface area contributed by atoms with Crippen molar-refractivity contribution in [1.82, 2.24) is 0 Å².